The fourth-order valence-corrected chi connectivity index (χ4v) is 2.74. The van der Waals surface area contributed by atoms with Crippen molar-refractivity contribution in [3.05, 3.63) is 53.8 Å². The number of hydrogen-bond acceptors (Lipinski definition) is 4. The number of allylic oxidation sites excluding steroid dienone is 1. The quantitative estimate of drug-likeness (QED) is 0.450. The molecular formula is C18H22N2O3S. The number of thiocarbonyl (C=S) groups is 1. The Hall–Kier alpha value is -2.34. The van der Waals surface area contributed by atoms with E-state index in [0.717, 1.165) is 17.7 Å². The minimum Gasteiger partial charge on any atom is -0.493 e. The highest BCUT2D eigenvalue weighted by Gasteiger charge is 2.32. The molecule has 0 radical (unpaired) electrons. The standard InChI is InChI=1S/C18H22N2O3S/c1-4-10-22-14-9-7-6-8-13(14)16-15(17(21)23-11-5-2)12(3)19-18(24)20-16/h5-9,16H,2,4,10-11H2,1,3H3,(H2,19,20,24)/t16-/m1/s1. The van der Waals surface area contributed by atoms with Gasteiger partial charge in [0, 0.05) is 11.3 Å². The van der Waals surface area contributed by atoms with Crippen LogP contribution in [0, 0.1) is 0 Å². The third-order valence-electron chi connectivity index (χ3n) is 3.51. The summed E-state index contributed by atoms with van der Waals surface area (Å²) in [6.07, 6.45) is 2.44. The minimum atomic E-state index is -0.427. The number of nitrogens with one attached hydrogen (secondary N) is 2. The molecule has 0 fully saturated rings. The summed E-state index contributed by atoms with van der Waals surface area (Å²) in [5.74, 6) is 0.313. The van der Waals surface area contributed by atoms with E-state index >= 15 is 0 Å². The van der Waals surface area contributed by atoms with Crippen molar-refractivity contribution in [1.29, 1.82) is 0 Å². The van der Waals surface area contributed by atoms with E-state index < -0.39 is 12.0 Å². The average molecular weight is 346 g/mol. The first-order valence-corrected chi connectivity index (χ1v) is 8.27. The first-order chi connectivity index (χ1) is 11.6. The zero-order chi connectivity index (χ0) is 17.5. The van der Waals surface area contributed by atoms with Crippen molar-refractivity contribution in [2.45, 2.75) is 26.3 Å². The number of hydrogen-bond donors (Lipinski definition) is 2. The summed E-state index contributed by atoms with van der Waals surface area (Å²) < 4.78 is 11.1. The molecule has 1 heterocycles. The van der Waals surface area contributed by atoms with Crippen LogP contribution in [0.15, 0.2) is 48.2 Å². The highest BCUT2D eigenvalue weighted by molar-refractivity contribution is 7.80. The van der Waals surface area contributed by atoms with Gasteiger partial charge in [0.2, 0.25) is 0 Å². The van der Waals surface area contributed by atoms with Crippen LogP contribution in [0.4, 0.5) is 0 Å². The lowest BCUT2D eigenvalue weighted by Crippen LogP contribution is -2.45. The van der Waals surface area contributed by atoms with Crippen LogP contribution in [-0.2, 0) is 9.53 Å². The summed E-state index contributed by atoms with van der Waals surface area (Å²) in [7, 11) is 0. The Morgan fingerprint density at radius 2 is 2.17 bits per heavy atom. The number of rotatable bonds is 7. The lowest BCUT2D eigenvalue weighted by molar-refractivity contribution is -0.138. The van der Waals surface area contributed by atoms with Crippen molar-refractivity contribution in [1.82, 2.24) is 10.6 Å². The fourth-order valence-electron chi connectivity index (χ4n) is 2.47. The summed E-state index contributed by atoms with van der Waals surface area (Å²) in [5.41, 5.74) is 2.00. The van der Waals surface area contributed by atoms with Crippen LogP contribution in [0.2, 0.25) is 0 Å². The molecule has 2 rings (SSSR count). The van der Waals surface area contributed by atoms with Crippen LogP contribution >= 0.6 is 12.2 Å². The Balaban J connectivity index is 2.41. The number of esters is 1. The summed E-state index contributed by atoms with van der Waals surface area (Å²) >= 11 is 5.25. The van der Waals surface area contributed by atoms with Crippen molar-refractivity contribution in [2.75, 3.05) is 13.2 Å². The maximum Gasteiger partial charge on any atom is 0.338 e. The molecule has 0 spiro atoms. The highest BCUT2D eigenvalue weighted by atomic mass is 32.1. The normalized spacial score (nSPS) is 16.9. The number of ether oxygens (including phenoxy) is 2. The topological polar surface area (TPSA) is 59.6 Å². The molecule has 0 amide bonds. The first kappa shape index (κ1) is 18.0. The van der Waals surface area contributed by atoms with Crippen molar-refractivity contribution in [3.8, 4) is 5.75 Å². The van der Waals surface area contributed by atoms with E-state index in [1.807, 2.05) is 31.2 Å². The molecule has 0 bridgehead atoms. The molecule has 1 atom stereocenters. The zero-order valence-corrected chi connectivity index (χ0v) is 14.7. The molecule has 24 heavy (non-hydrogen) atoms. The molecule has 128 valence electrons. The van der Waals surface area contributed by atoms with Gasteiger partial charge in [-0.2, -0.15) is 0 Å². The van der Waals surface area contributed by atoms with Gasteiger partial charge >= 0.3 is 5.97 Å². The molecule has 0 saturated carbocycles. The lowest BCUT2D eigenvalue weighted by Gasteiger charge is -2.30. The smallest absolute Gasteiger partial charge is 0.338 e. The van der Waals surface area contributed by atoms with Gasteiger partial charge < -0.3 is 20.1 Å². The average Bonchev–Trinajstić information content (AvgIpc) is 2.57. The third-order valence-corrected chi connectivity index (χ3v) is 3.73. The van der Waals surface area contributed by atoms with E-state index in [1.165, 1.54) is 6.08 Å². The van der Waals surface area contributed by atoms with Gasteiger partial charge in [0.05, 0.1) is 18.2 Å². The molecule has 1 aromatic rings. The molecule has 1 aliphatic heterocycles. The molecule has 0 unspecified atom stereocenters. The number of benzene rings is 1. The first-order valence-electron chi connectivity index (χ1n) is 7.86. The summed E-state index contributed by atoms with van der Waals surface area (Å²) in [5, 5.41) is 6.59. The Morgan fingerprint density at radius 1 is 1.42 bits per heavy atom. The predicted molar refractivity (Wildman–Crippen MR) is 97.7 cm³/mol. The van der Waals surface area contributed by atoms with Crippen LogP contribution in [0.1, 0.15) is 31.9 Å². The third kappa shape index (κ3) is 4.14. The minimum absolute atomic E-state index is 0.154. The summed E-state index contributed by atoms with van der Waals surface area (Å²) in [4.78, 5) is 12.5. The van der Waals surface area contributed by atoms with Gasteiger partial charge in [-0.25, -0.2) is 4.79 Å². The number of carbonyl (C=O) groups excluding carboxylic acids is 1. The molecule has 1 aromatic carbocycles. The second-order valence-corrected chi connectivity index (χ2v) is 5.75. The van der Waals surface area contributed by atoms with Crippen LogP contribution in [0.5, 0.6) is 5.75 Å². The Bertz CT molecular complexity index is 670. The molecule has 1 aliphatic rings. The molecule has 0 saturated heterocycles. The second kappa shape index (κ2) is 8.49. The van der Waals surface area contributed by atoms with Gasteiger partial charge in [0.1, 0.15) is 12.4 Å². The van der Waals surface area contributed by atoms with Gasteiger partial charge in [-0.3, -0.25) is 0 Å². The molecule has 5 nitrogen and oxygen atoms in total. The SMILES string of the molecule is C=CCOC(=O)C1=C(C)NC(=S)N[C@@H]1c1ccccc1OCCC. The molecule has 2 N–H and O–H groups in total. The van der Waals surface area contributed by atoms with Gasteiger partial charge in [-0.05, 0) is 31.6 Å². The largest absolute Gasteiger partial charge is 0.493 e. The fraction of sp³-hybridized carbons (Fsp3) is 0.333. The predicted octanol–water partition coefficient (Wildman–Crippen LogP) is 3.00. The molecule has 0 aliphatic carbocycles. The van der Waals surface area contributed by atoms with E-state index in [4.69, 9.17) is 21.7 Å². The number of para-hydroxylation sites is 1. The second-order valence-electron chi connectivity index (χ2n) is 5.34. The summed E-state index contributed by atoms with van der Waals surface area (Å²) in [6, 6.07) is 7.19. The van der Waals surface area contributed by atoms with Crippen LogP contribution in [-0.4, -0.2) is 24.3 Å². The van der Waals surface area contributed by atoms with E-state index in [2.05, 4.69) is 17.2 Å². The van der Waals surface area contributed by atoms with Crippen molar-refractivity contribution in [2.24, 2.45) is 0 Å². The maximum absolute atomic E-state index is 12.5. The highest BCUT2D eigenvalue weighted by Crippen LogP contribution is 2.33. The Kier molecular flexibility index (Phi) is 6.37. The van der Waals surface area contributed by atoms with Crippen LogP contribution < -0.4 is 15.4 Å². The summed E-state index contributed by atoms with van der Waals surface area (Å²) in [6.45, 7) is 8.17. The molecular weight excluding hydrogens is 324 g/mol. The molecule has 0 aromatic heterocycles. The van der Waals surface area contributed by atoms with Crippen molar-refractivity contribution in [3.63, 3.8) is 0 Å². The van der Waals surface area contributed by atoms with E-state index in [-0.39, 0.29) is 6.61 Å². The lowest BCUT2D eigenvalue weighted by atomic mass is 9.95. The van der Waals surface area contributed by atoms with E-state index in [1.54, 1.807) is 6.92 Å². The Morgan fingerprint density at radius 3 is 2.88 bits per heavy atom. The monoisotopic (exact) mass is 346 g/mol. The van der Waals surface area contributed by atoms with Crippen LogP contribution in [0.25, 0.3) is 0 Å². The molecule has 6 heteroatoms. The maximum atomic E-state index is 12.5. The zero-order valence-electron chi connectivity index (χ0n) is 13.9. The van der Waals surface area contributed by atoms with Gasteiger partial charge in [0.15, 0.2) is 5.11 Å². The van der Waals surface area contributed by atoms with Gasteiger partial charge in [0.25, 0.3) is 0 Å². The van der Waals surface area contributed by atoms with Crippen LogP contribution in [0.3, 0.4) is 0 Å². The van der Waals surface area contributed by atoms with Gasteiger partial charge in [-0.15, -0.1) is 0 Å². The van der Waals surface area contributed by atoms with E-state index in [9.17, 15) is 4.79 Å². The van der Waals surface area contributed by atoms with Crippen molar-refractivity contribution < 1.29 is 14.3 Å². The van der Waals surface area contributed by atoms with Crippen molar-refractivity contribution >= 4 is 23.3 Å². The van der Waals surface area contributed by atoms with Gasteiger partial charge in [-0.1, -0.05) is 37.8 Å². The Labute approximate surface area is 147 Å². The number of carbonyl (C=O) groups is 1. The van der Waals surface area contributed by atoms with E-state index in [0.29, 0.717) is 23.0 Å².